The molecule has 1 saturated heterocycles. The standard InChI is InChI=1S/C12H15N5O4/c13-12-14-1-6(2-15-12)7-3-17(5-16-7)11-10(20)9(19)8(4-18)21-11/h1-3,5,8-11,18-20H,4H2,(H2,13,14,15)/t8-,9-,10-,11-/m1/s1. The maximum absolute atomic E-state index is 9.95. The van der Waals surface area contributed by atoms with Gasteiger partial charge in [-0.05, 0) is 0 Å². The summed E-state index contributed by atoms with van der Waals surface area (Å²) in [7, 11) is 0. The van der Waals surface area contributed by atoms with Crippen LogP contribution in [0.4, 0.5) is 5.95 Å². The molecule has 21 heavy (non-hydrogen) atoms. The molecule has 3 rings (SSSR count). The van der Waals surface area contributed by atoms with Gasteiger partial charge in [-0.15, -0.1) is 0 Å². The molecule has 3 heterocycles. The number of aromatic nitrogens is 4. The van der Waals surface area contributed by atoms with Crippen molar-refractivity contribution in [2.75, 3.05) is 12.3 Å². The van der Waals surface area contributed by atoms with Gasteiger partial charge in [-0.1, -0.05) is 0 Å². The predicted octanol–water partition coefficient (Wildman–Crippen LogP) is -1.47. The Kier molecular flexibility index (Phi) is 3.55. The second-order valence-corrected chi connectivity index (χ2v) is 4.76. The van der Waals surface area contributed by atoms with Crippen LogP contribution in [-0.2, 0) is 4.74 Å². The largest absolute Gasteiger partial charge is 0.394 e. The first-order valence-corrected chi connectivity index (χ1v) is 6.34. The Labute approximate surface area is 119 Å². The van der Waals surface area contributed by atoms with E-state index in [0.717, 1.165) is 0 Å². The van der Waals surface area contributed by atoms with Crippen molar-refractivity contribution >= 4 is 5.95 Å². The second kappa shape index (κ2) is 5.37. The van der Waals surface area contributed by atoms with E-state index in [-0.39, 0.29) is 12.6 Å². The lowest BCUT2D eigenvalue weighted by Gasteiger charge is -2.15. The highest BCUT2D eigenvalue weighted by Crippen LogP contribution is 2.30. The molecule has 0 aromatic carbocycles. The average molecular weight is 293 g/mol. The second-order valence-electron chi connectivity index (χ2n) is 4.76. The van der Waals surface area contributed by atoms with Crippen molar-refractivity contribution in [3.63, 3.8) is 0 Å². The predicted molar refractivity (Wildman–Crippen MR) is 70.7 cm³/mol. The van der Waals surface area contributed by atoms with Crippen LogP contribution in [0.5, 0.6) is 0 Å². The zero-order valence-corrected chi connectivity index (χ0v) is 10.9. The van der Waals surface area contributed by atoms with E-state index in [0.29, 0.717) is 11.3 Å². The van der Waals surface area contributed by atoms with Gasteiger partial charge in [0.05, 0.1) is 18.6 Å². The van der Waals surface area contributed by atoms with Crippen molar-refractivity contribution in [1.29, 1.82) is 0 Å². The van der Waals surface area contributed by atoms with E-state index in [2.05, 4.69) is 15.0 Å². The molecule has 2 aromatic rings. The fraction of sp³-hybridized carbons (Fsp3) is 0.417. The minimum Gasteiger partial charge on any atom is -0.394 e. The summed E-state index contributed by atoms with van der Waals surface area (Å²) in [4.78, 5) is 11.9. The van der Waals surface area contributed by atoms with Crippen molar-refractivity contribution in [2.24, 2.45) is 0 Å². The van der Waals surface area contributed by atoms with Crippen LogP contribution >= 0.6 is 0 Å². The Morgan fingerprint density at radius 2 is 1.90 bits per heavy atom. The third-order valence-electron chi connectivity index (χ3n) is 3.38. The van der Waals surface area contributed by atoms with Crippen LogP contribution < -0.4 is 5.73 Å². The summed E-state index contributed by atoms with van der Waals surface area (Å²) in [6, 6.07) is 0. The van der Waals surface area contributed by atoms with E-state index in [1.165, 1.54) is 23.3 Å². The Hall–Kier alpha value is -2.07. The van der Waals surface area contributed by atoms with E-state index in [1.54, 1.807) is 6.20 Å². The van der Waals surface area contributed by atoms with Crippen LogP contribution in [0.15, 0.2) is 24.9 Å². The van der Waals surface area contributed by atoms with E-state index < -0.39 is 24.5 Å². The maximum atomic E-state index is 9.95. The van der Waals surface area contributed by atoms with Gasteiger partial charge in [-0.25, -0.2) is 15.0 Å². The molecule has 5 N–H and O–H groups in total. The zero-order chi connectivity index (χ0) is 15.0. The Morgan fingerprint density at radius 3 is 2.52 bits per heavy atom. The van der Waals surface area contributed by atoms with Gasteiger partial charge >= 0.3 is 0 Å². The van der Waals surface area contributed by atoms with Crippen molar-refractivity contribution < 1.29 is 20.1 Å². The number of hydrogen-bond donors (Lipinski definition) is 4. The number of rotatable bonds is 3. The summed E-state index contributed by atoms with van der Waals surface area (Å²) in [6.45, 7) is -0.373. The number of nitrogen functional groups attached to an aromatic ring is 1. The normalized spacial score (nSPS) is 28.9. The number of hydrogen-bond acceptors (Lipinski definition) is 8. The smallest absolute Gasteiger partial charge is 0.219 e. The summed E-state index contributed by atoms with van der Waals surface area (Å²) < 4.78 is 6.93. The maximum Gasteiger partial charge on any atom is 0.219 e. The first-order valence-electron chi connectivity index (χ1n) is 6.34. The van der Waals surface area contributed by atoms with Gasteiger partial charge in [0.1, 0.15) is 18.3 Å². The van der Waals surface area contributed by atoms with Crippen LogP contribution in [0, 0.1) is 0 Å². The molecule has 0 spiro atoms. The highest BCUT2D eigenvalue weighted by Gasteiger charge is 2.43. The Bertz CT molecular complexity index is 616. The summed E-state index contributed by atoms with van der Waals surface area (Å²) >= 11 is 0. The molecule has 9 heteroatoms. The summed E-state index contributed by atoms with van der Waals surface area (Å²) in [5.74, 6) is 0.168. The van der Waals surface area contributed by atoms with Crippen molar-refractivity contribution in [3.05, 3.63) is 24.9 Å². The van der Waals surface area contributed by atoms with Gasteiger partial charge in [-0.3, -0.25) is 0 Å². The fourth-order valence-corrected chi connectivity index (χ4v) is 2.22. The molecule has 0 bridgehead atoms. The lowest BCUT2D eigenvalue weighted by molar-refractivity contribution is -0.0527. The van der Waals surface area contributed by atoms with Gasteiger partial charge in [0.2, 0.25) is 5.95 Å². The van der Waals surface area contributed by atoms with Gasteiger partial charge in [0.15, 0.2) is 6.23 Å². The lowest BCUT2D eigenvalue weighted by Crippen LogP contribution is -2.33. The Balaban J connectivity index is 1.84. The molecule has 4 atom stereocenters. The third-order valence-corrected chi connectivity index (χ3v) is 3.38. The van der Waals surface area contributed by atoms with Crippen LogP contribution in [0.2, 0.25) is 0 Å². The molecule has 1 aliphatic heterocycles. The zero-order valence-electron chi connectivity index (χ0n) is 10.9. The number of ether oxygens (including phenoxy) is 1. The molecule has 9 nitrogen and oxygen atoms in total. The monoisotopic (exact) mass is 293 g/mol. The van der Waals surface area contributed by atoms with E-state index in [1.807, 2.05) is 0 Å². The van der Waals surface area contributed by atoms with Gasteiger partial charge in [0.25, 0.3) is 0 Å². The molecular weight excluding hydrogens is 278 g/mol. The molecule has 0 aliphatic carbocycles. The summed E-state index contributed by atoms with van der Waals surface area (Å²) in [5.41, 5.74) is 6.66. The van der Waals surface area contributed by atoms with Crippen LogP contribution in [0.3, 0.4) is 0 Å². The van der Waals surface area contributed by atoms with Crippen molar-refractivity contribution in [1.82, 2.24) is 19.5 Å². The molecular formula is C12H15N5O4. The number of nitrogens with zero attached hydrogens (tertiary/aromatic N) is 4. The number of aliphatic hydroxyl groups excluding tert-OH is 3. The van der Waals surface area contributed by atoms with Gasteiger partial charge < -0.3 is 30.4 Å². The molecule has 0 saturated carbocycles. The topological polar surface area (TPSA) is 140 Å². The third kappa shape index (κ3) is 2.47. The highest BCUT2D eigenvalue weighted by atomic mass is 16.6. The fourth-order valence-electron chi connectivity index (χ4n) is 2.22. The molecule has 112 valence electrons. The molecule has 0 unspecified atom stereocenters. The Morgan fingerprint density at radius 1 is 1.19 bits per heavy atom. The SMILES string of the molecule is Nc1ncc(-c2cn([C@@H]3O[C@H](CO)[C@@H](O)[C@H]3O)cn2)cn1. The van der Waals surface area contributed by atoms with Gasteiger partial charge in [-0.2, -0.15) is 0 Å². The summed E-state index contributed by atoms with van der Waals surface area (Å²) in [6.07, 6.45) is 2.24. The highest BCUT2D eigenvalue weighted by molar-refractivity contribution is 5.56. The quantitative estimate of drug-likeness (QED) is 0.538. The number of imidazole rings is 1. The first kappa shape index (κ1) is 13.9. The minimum absolute atomic E-state index is 0.168. The minimum atomic E-state index is -1.15. The average Bonchev–Trinajstić information content (AvgIpc) is 3.07. The van der Waals surface area contributed by atoms with Crippen LogP contribution in [-0.4, -0.2) is 59.8 Å². The molecule has 0 amide bonds. The molecule has 2 aromatic heterocycles. The van der Waals surface area contributed by atoms with E-state index in [4.69, 9.17) is 15.6 Å². The van der Waals surface area contributed by atoms with Crippen molar-refractivity contribution in [2.45, 2.75) is 24.5 Å². The van der Waals surface area contributed by atoms with E-state index >= 15 is 0 Å². The van der Waals surface area contributed by atoms with Crippen molar-refractivity contribution in [3.8, 4) is 11.3 Å². The van der Waals surface area contributed by atoms with Crippen LogP contribution in [0.1, 0.15) is 6.23 Å². The summed E-state index contributed by atoms with van der Waals surface area (Å²) in [5, 5.41) is 28.8. The number of anilines is 1. The first-order chi connectivity index (χ1) is 10.1. The molecule has 1 fully saturated rings. The van der Waals surface area contributed by atoms with Gasteiger partial charge in [0, 0.05) is 24.2 Å². The van der Waals surface area contributed by atoms with Crippen LogP contribution in [0.25, 0.3) is 11.3 Å². The lowest BCUT2D eigenvalue weighted by atomic mass is 10.1. The molecule has 1 aliphatic rings. The van der Waals surface area contributed by atoms with E-state index in [9.17, 15) is 10.2 Å². The molecule has 0 radical (unpaired) electrons. The number of nitrogens with two attached hydrogens (primary N) is 1. The number of aliphatic hydroxyl groups is 3.